The number of halogens is 2. The molecule has 1 fully saturated rings. The van der Waals surface area contributed by atoms with Gasteiger partial charge >= 0.3 is 5.97 Å². The third-order valence-corrected chi connectivity index (χ3v) is 6.06. The maximum atomic E-state index is 12.4. The van der Waals surface area contributed by atoms with Gasteiger partial charge in [-0.05, 0) is 41.1 Å². The number of carbonyl (C=O) groups excluding carboxylic acids is 1. The van der Waals surface area contributed by atoms with Crippen molar-refractivity contribution in [3.05, 3.63) is 21.8 Å². The normalized spacial score (nSPS) is 24.0. The topological polar surface area (TPSA) is 82.5 Å². The van der Waals surface area contributed by atoms with Gasteiger partial charge in [0.1, 0.15) is 21.1 Å². The third-order valence-electron chi connectivity index (χ3n) is 5.24. The van der Waals surface area contributed by atoms with Crippen LogP contribution in [0, 0.1) is 11.3 Å². The van der Waals surface area contributed by atoms with Crippen LogP contribution in [0.25, 0.3) is 5.52 Å². The number of nitrogen functional groups attached to an aromatic ring is 1. The molecule has 2 heterocycles. The number of hydrogen-bond donors (Lipinski definition) is 1. The lowest BCUT2D eigenvalue weighted by molar-refractivity contribution is -0.155. The average Bonchev–Trinajstić information content (AvgIpc) is 3.13. The van der Waals surface area contributed by atoms with Gasteiger partial charge in [-0.3, -0.25) is 9.20 Å². The summed E-state index contributed by atoms with van der Waals surface area (Å²) < 4.78 is 7.53. The molecule has 2 aromatic heterocycles. The number of ether oxygens (including phenoxy) is 1. The number of carbonyl (C=O) groups is 1. The van der Waals surface area contributed by atoms with Gasteiger partial charge in [-0.2, -0.15) is 0 Å². The summed E-state index contributed by atoms with van der Waals surface area (Å²) in [5.41, 5.74) is 6.16. The van der Waals surface area contributed by atoms with Crippen LogP contribution in [-0.4, -0.2) is 27.4 Å². The number of anilines is 1. The SMILES string of the molecule is COC(=O)[C@]1(C(C)C)CC[C@@H](c2nc(Br)c3c(N)ncc(Cl)n23)C1. The number of hydrogen-bond acceptors (Lipinski definition) is 5. The molecule has 1 aliphatic rings. The second kappa shape index (κ2) is 6.19. The minimum atomic E-state index is -0.483. The van der Waals surface area contributed by atoms with Crippen molar-refractivity contribution in [2.75, 3.05) is 12.8 Å². The molecule has 0 radical (unpaired) electrons. The molecule has 1 aliphatic carbocycles. The quantitative estimate of drug-likeness (QED) is 0.771. The molecule has 2 N–H and O–H groups in total. The molecule has 24 heavy (non-hydrogen) atoms. The van der Waals surface area contributed by atoms with E-state index < -0.39 is 5.41 Å². The van der Waals surface area contributed by atoms with E-state index in [4.69, 9.17) is 22.1 Å². The summed E-state index contributed by atoms with van der Waals surface area (Å²) in [6.07, 6.45) is 3.82. The minimum Gasteiger partial charge on any atom is -0.469 e. The smallest absolute Gasteiger partial charge is 0.312 e. The lowest BCUT2D eigenvalue weighted by Gasteiger charge is -2.30. The average molecular weight is 416 g/mol. The van der Waals surface area contributed by atoms with E-state index in [2.05, 4.69) is 39.7 Å². The molecule has 2 aromatic rings. The molecule has 0 aliphatic heterocycles. The van der Waals surface area contributed by atoms with Gasteiger partial charge in [-0.1, -0.05) is 25.4 Å². The Kier molecular flexibility index (Phi) is 4.51. The first-order chi connectivity index (χ1) is 11.3. The number of fused-ring (bicyclic) bond motifs is 1. The largest absolute Gasteiger partial charge is 0.469 e. The molecule has 0 unspecified atom stereocenters. The molecule has 0 saturated heterocycles. The third kappa shape index (κ3) is 2.49. The molecule has 2 atom stereocenters. The van der Waals surface area contributed by atoms with E-state index in [1.807, 2.05) is 4.40 Å². The van der Waals surface area contributed by atoms with Crippen LogP contribution in [0.5, 0.6) is 0 Å². The zero-order valence-electron chi connectivity index (χ0n) is 13.8. The van der Waals surface area contributed by atoms with Gasteiger partial charge < -0.3 is 10.5 Å². The summed E-state index contributed by atoms with van der Waals surface area (Å²) >= 11 is 9.79. The molecule has 0 bridgehead atoms. The Bertz CT molecular complexity index is 807. The van der Waals surface area contributed by atoms with Crippen molar-refractivity contribution in [3.8, 4) is 0 Å². The molecular formula is C16H20BrClN4O2. The lowest BCUT2D eigenvalue weighted by atomic mass is 9.75. The maximum absolute atomic E-state index is 12.4. The Balaban J connectivity index is 2.07. The summed E-state index contributed by atoms with van der Waals surface area (Å²) in [7, 11) is 1.45. The van der Waals surface area contributed by atoms with Crippen molar-refractivity contribution < 1.29 is 9.53 Å². The van der Waals surface area contributed by atoms with Crippen molar-refractivity contribution in [2.45, 2.75) is 39.0 Å². The van der Waals surface area contributed by atoms with Crippen LogP contribution >= 0.6 is 27.5 Å². The molecular weight excluding hydrogens is 396 g/mol. The first kappa shape index (κ1) is 17.5. The zero-order chi connectivity index (χ0) is 17.6. The van der Waals surface area contributed by atoms with E-state index in [9.17, 15) is 4.79 Å². The molecule has 6 nitrogen and oxygen atoms in total. The second-order valence-electron chi connectivity index (χ2n) is 6.65. The Morgan fingerprint density at radius 2 is 2.29 bits per heavy atom. The molecule has 3 rings (SSSR count). The first-order valence-corrected chi connectivity index (χ1v) is 9.05. The highest BCUT2D eigenvalue weighted by Gasteiger charge is 2.49. The van der Waals surface area contributed by atoms with Crippen molar-refractivity contribution in [1.29, 1.82) is 0 Å². The van der Waals surface area contributed by atoms with Crippen LogP contribution in [0.3, 0.4) is 0 Å². The van der Waals surface area contributed by atoms with Crippen LogP contribution < -0.4 is 5.73 Å². The highest BCUT2D eigenvalue weighted by atomic mass is 79.9. The number of rotatable bonds is 3. The Morgan fingerprint density at radius 3 is 2.92 bits per heavy atom. The van der Waals surface area contributed by atoms with Gasteiger partial charge in [0.25, 0.3) is 0 Å². The fraction of sp³-hybridized carbons (Fsp3) is 0.562. The highest BCUT2D eigenvalue weighted by Crippen LogP contribution is 2.52. The van der Waals surface area contributed by atoms with E-state index >= 15 is 0 Å². The summed E-state index contributed by atoms with van der Waals surface area (Å²) in [6, 6.07) is 0. The van der Waals surface area contributed by atoms with Gasteiger partial charge in [0, 0.05) is 5.92 Å². The number of nitrogens with zero attached hydrogens (tertiary/aromatic N) is 3. The van der Waals surface area contributed by atoms with Crippen molar-refractivity contribution in [2.24, 2.45) is 11.3 Å². The predicted octanol–water partition coefficient (Wildman–Crippen LogP) is 3.81. The summed E-state index contributed by atoms with van der Waals surface area (Å²) in [5.74, 6) is 1.32. The van der Waals surface area contributed by atoms with Gasteiger partial charge in [-0.15, -0.1) is 0 Å². The monoisotopic (exact) mass is 414 g/mol. The van der Waals surface area contributed by atoms with E-state index in [0.29, 0.717) is 27.5 Å². The Hall–Kier alpha value is -1.34. The predicted molar refractivity (Wildman–Crippen MR) is 96.0 cm³/mol. The molecule has 0 aromatic carbocycles. The number of esters is 1. The van der Waals surface area contributed by atoms with E-state index in [0.717, 1.165) is 18.7 Å². The fourth-order valence-electron chi connectivity index (χ4n) is 3.81. The Labute approximate surface area is 153 Å². The minimum absolute atomic E-state index is 0.101. The molecule has 0 spiro atoms. The zero-order valence-corrected chi connectivity index (χ0v) is 16.2. The van der Waals surface area contributed by atoms with Gasteiger partial charge in [-0.25, -0.2) is 9.97 Å². The maximum Gasteiger partial charge on any atom is 0.312 e. The van der Waals surface area contributed by atoms with Crippen LogP contribution in [0.1, 0.15) is 44.9 Å². The highest BCUT2D eigenvalue weighted by molar-refractivity contribution is 9.10. The summed E-state index contributed by atoms with van der Waals surface area (Å²) in [6.45, 7) is 4.13. The van der Waals surface area contributed by atoms with E-state index in [-0.39, 0.29) is 17.8 Å². The fourth-order valence-corrected chi connectivity index (χ4v) is 4.59. The summed E-state index contributed by atoms with van der Waals surface area (Å²) in [5, 5.41) is 0.451. The van der Waals surface area contributed by atoms with Crippen LogP contribution in [0.2, 0.25) is 5.15 Å². The van der Waals surface area contributed by atoms with Crippen molar-refractivity contribution in [1.82, 2.24) is 14.4 Å². The second-order valence-corrected chi connectivity index (χ2v) is 7.79. The van der Waals surface area contributed by atoms with Gasteiger partial charge in [0.2, 0.25) is 0 Å². The van der Waals surface area contributed by atoms with Crippen LogP contribution in [0.4, 0.5) is 5.82 Å². The van der Waals surface area contributed by atoms with Crippen molar-refractivity contribution in [3.63, 3.8) is 0 Å². The van der Waals surface area contributed by atoms with Gasteiger partial charge in [0.15, 0.2) is 5.82 Å². The lowest BCUT2D eigenvalue weighted by Crippen LogP contribution is -2.35. The van der Waals surface area contributed by atoms with E-state index in [1.165, 1.54) is 13.3 Å². The van der Waals surface area contributed by atoms with Crippen LogP contribution in [-0.2, 0) is 9.53 Å². The standard InChI is InChI=1S/C16H20BrClN4O2/c1-8(2)16(15(23)24-3)5-4-9(6-16)14-21-12(17)11-13(19)20-7-10(18)22(11)14/h7-9H,4-6H2,1-3H3,(H2,19,20)/t9-,16-/m1/s1. The number of imidazole rings is 1. The van der Waals surface area contributed by atoms with Crippen molar-refractivity contribution >= 4 is 44.8 Å². The Morgan fingerprint density at radius 1 is 1.58 bits per heavy atom. The first-order valence-electron chi connectivity index (χ1n) is 7.88. The molecule has 8 heteroatoms. The van der Waals surface area contributed by atoms with Crippen LogP contribution in [0.15, 0.2) is 10.8 Å². The van der Waals surface area contributed by atoms with E-state index in [1.54, 1.807) is 0 Å². The number of aromatic nitrogens is 3. The summed E-state index contributed by atoms with van der Waals surface area (Å²) in [4.78, 5) is 21.1. The number of methoxy groups -OCH3 is 1. The molecule has 1 saturated carbocycles. The van der Waals surface area contributed by atoms with Gasteiger partial charge in [0.05, 0.1) is 18.7 Å². The number of nitrogens with two attached hydrogens (primary N) is 1. The molecule has 0 amide bonds. The molecule has 130 valence electrons.